The van der Waals surface area contributed by atoms with Gasteiger partial charge >= 0.3 is 0 Å². The van der Waals surface area contributed by atoms with Crippen molar-refractivity contribution < 1.29 is 4.74 Å². The molecule has 1 aromatic carbocycles. The molecule has 1 N–H and O–H groups in total. The zero-order valence-corrected chi connectivity index (χ0v) is 18.1. The Morgan fingerprint density at radius 3 is 2.83 bits per heavy atom. The smallest absolute Gasteiger partial charge is 0.193 e. The van der Waals surface area contributed by atoms with E-state index in [0.717, 1.165) is 63.8 Å². The molecular formula is C23H35N5O. The minimum atomic E-state index is 0.567. The average molecular weight is 398 g/mol. The molecule has 0 spiro atoms. The molecule has 2 aromatic rings. The van der Waals surface area contributed by atoms with E-state index in [1.54, 1.807) is 0 Å². The highest BCUT2D eigenvalue weighted by Crippen LogP contribution is 2.17. The van der Waals surface area contributed by atoms with E-state index in [9.17, 15) is 0 Å². The van der Waals surface area contributed by atoms with Gasteiger partial charge in [0.15, 0.2) is 5.96 Å². The summed E-state index contributed by atoms with van der Waals surface area (Å²) in [6.45, 7) is 12.5. The molecule has 1 fully saturated rings. The zero-order chi connectivity index (χ0) is 20.5. The lowest BCUT2D eigenvalue weighted by atomic mass is 10.1. The second-order valence-electron chi connectivity index (χ2n) is 7.84. The Kier molecular flexibility index (Phi) is 8.11. The third-order valence-corrected chi connectivity index (χ3v) is 5.28. The summed E-state index contributed by atoms with van der Waals surface area (Å²) in [4.78, 5) is 7.24. The molecule has 2 heterocycles. The van der Waals surface area contributed by atoms with Gasteiger partial charge in [-0.1, -0.05) is 30.3 Å². The third kappa shape index (κ3) is 6.60. The van der Waals surface area contributed by atoms with Crippen molar-refractivity contribution in [3.8, 4) is 0 Å². The fourth-order valence-electron chi connectivity index (χ4n) is 3.81. The number of nitrogens with one attached hydrogen (secondary N) is 1. The van der Waals surface area contributed by atoms with Crippen molar-refractivity contribution >= 4 is 5.96 Å². The molecule has 0 amide bonds. The maximum atomic E-state index is 5.96. The van der Waals surface area contributed by atoms with Crippen LogP contribution in [0.4, 0.5) is 0 Å². The van der Waals surface area contributed by atoms with Gasteiger partial charge < -0.3 is 15.0 Å². The topological polar surface area (TPSA) is 54.7 Å². The first-order valence-corrected chi connectivity index (χ1v) is 10.8. The first-order chi connectivity index (χ1) is 14.2. The van der Waals surface area contributed by atoms with E-state index < -0.39 is 0 Å². The summed E-state index contributed by atoms with van der Waals surface area (Å²) in [5, 5.41) is 7.98. The van der Waals surface area contributed by atoms with Gasteiger partial charge in [-0.2, -0.15) is 5.10 Å². The van der Waals surface area contributed by atoms with Crippen LogP contribution in [0.3, 0.4) is 0 Å². The first kappa shape index (κ1) is 21.4. The fourth-order valence-corrected chi connectivity index (χ4v) is 3.81. The molecule has 29 heavy (non-hydrogen) atoms. The number of benzene rings is 1. The Balaban J connectivity index is 1.42. The van der Waals surface area contributed by atoms with Gasteiger partial charge in [-0.05, 0) is 45.2 Å². The van der Waals surface area contributed by atoms with Crippen molar-refractivity contribution in [2.75, 3.05) is 32.8 Å². The van der Waals surface area contributed by atoms with E-state index in [4.69, 9.17) is 9.73 Å². The highest BCUT2D eigenvalue weighted by Gasteiger charge is 2.24. The highest BCUT2D eigenvalue weighted by atomic mass is 16.5. The van der Waals surface area contributed by atoms with E-state index in [1.165, 1.54) is 11.3 Å². The number of aliphatic imine (C=N–C) groups is 1. The van der Waals surface area contributed by atoms with Gasteiger partial charge in [-0.25, -0.2) is 0 Å². The summed E-state index contributed by atoms with van der Waals surface area (Å²) in [5.41, 5.74) is 3.54. The van der Waals surface area contributed by atoms with Crippen molar-refractivity contribution in [2.45, 2.75) is 46.8 Å². The van der Waals surface area contributed by atoms with E-state index in [2.05, 4.69) is 64.2 Å². The number of aryl methyl sites for hydroxylation is 3. The number of rotatable bonds is 9. The molecule has 1 atom stereocenters. The molecule has 158 valence electrons. The van der Waals surface area contributed by atoms with Crippen LogP contribution in [0.5, 0.6) is 0 Å². The lowest BCUT2D eigenvalue weighted by Crippen LogP contribution is -2.40. The Bertz CT molecular complexity index is 771. The Hall–Kier alpha value is -2.34. The zero-order valence-electron chi connectivity index (χ0n) is 18.1. The summed E-state index contributed by atoms with van der Waals surface area (Å²) in [7, 11) is 0. The van der Waals surface area contributed by atoms with Crippen molar-refractivity contribution in [1.29, 1.82) is 0 Å². The minimum absolute atomic E-state index is 0.567. The molecular weight excluding hydrogens is 362 g/mol. The Morgan fingerprint density at radius 2 is 2.10 bits per heavy atom. The number of nitrogens with zero attached hydrogens (tertiary/aromatic N) is 4. The van der Waals surface area contributed by atoms with Crippen LogP contribution in [0.15, 0.2) is 41.4 Å². The van der Waals surface area contributed by atoms with E-state index in [0.29, 0.717) is 12.5 Å². The van der Waals surface area contributed by atoms with Crippen molar-refractivity contribution in [1.82, 2.24) is 20.0 Å². The lowest BCUT2D eigenvalue weighted by molar-refractivity contribution is 0.0907. The highest BCUT2D eigenvalue weighted by molar-refractivity contribution is 5.80. The normalized spacial score (nSPS) is 17.1. The second kappa shape index (κ2) is 11.0. The number of hydrogen-bond donors (Lipinski definition) is 1. The molecule has 1 saturated heterocycles. The molecule has 3 rings (SSSR count). The van der Waals surface area contributed by atoms with Crippen molar-refractivity contribution in [3.63, 3.8) is 0 Å². The Morgan fingerprint density at radius 1 is 1.28 bits per heavy atom. The summed E-state index contributed by atoms with van der Waals surface area (Å²) < 4.78 is 8.03. The summed E-state index contributed by atoms with van der Waals surface area (Å²) >= 11 is 0. The number of likely N-dealkylation sites (tertiary alicyclic amines) is 1. The van der Waals surface area contributed by atoms with Gasteiger partial charge in [-0.15, -0.1) is 0 Å². The van der Waals surface area contributed by atoms with Gasteiger partial charge in [0.2, 0.25) is 0 Å². The van der Waals surface area contributed by atoms with Crippen molar-refractivity contribution in [3.05, 3.63) is 53.3 Å². The molecule has 1 aromatic heterocycles. The predicted octanol–water partition coefficient (Wildman–Crippen LogP) is 3.39. The van der Waals surface area contributed by atoms with Gasteiger partial charge in [0, 0.05) is 44.3 Å². The Labute approximate surface area is 175 Å². The maximum Gasteiger partial charge on any atom is 0.193 e. The van der Waals surface area contributed by atoms with Crippen molar-refractivity contribution in [2.24, 2.45) is 10.9 Å². The fraction of sp³-hybridized carbons (Fsp3) is 0.565. The van der Waals surface area contributed by atoms with E-state index in [-0.39, 0.29) is 0 Å². The monoisotopic (exact) mass is 397 g/mol. The molecule has 1 unspecified atom stereocenters. The maximum absolute atomic E-state index is 5.96. The van der Waals surface area contributed by atoms with Gasteiger partial charge in [0.05, 0.1) is 18.9 Å². The summed E-state index contributed by atoms with van der Waals surface area (Å²) in [6.07, 6.45) is 2.15. The summed E-state index contributed by atoms with van der Waals surface area (Å²) in [6, 6.07) is 12.5. The predicted molar refractivity (Wildman–Crippen MR) is 118 cm³/mol. The third-order valence-electron chi connectivity index (χ3n) is 5.28. The van der Waals surface area contributed by atoms with Crippen LogP contribution >= 0.6 is 0 Å². The SMILES string of the molecule is CCNC(=NCCCn1nc(C)cc1C)N1CCC(COCc2ccccc2)C1. The van der Waals surface area contributed by atoms with Crippen LogP contribution in [0.1, 0.15) is 36.7 Å². The van der Waals surface area contributed by atoms with E-state index in [1.807, 2.05) is 13.0 Å². The van der Waals surface area contributed by atoms with E-state index >= 15 is 0 Å². The quantitative estimate of drug-likeness (QED) is 0.400. The average Bonchev–Trinajstić information content (AvgIpc) is 3.31. The lowest BCUT2D eigenvalue weighted by Gasteiger charge is -2.21. The van der Waals surface area contributed by atoms with Crippen LogP contribution in [-0.2, 0) is 17.9 Å². The van der Waals surface area contributed by atoms with Crippen LogP contribution in [0.25, 0.3) is 0 Å². The van der Waals surface area contributed by atoms with Crippen LogP contribution < -0.4 is 5.32 Å². The molecule has 1 aliphatic rings. The molecule has 0 bridgehead atoms. The molecule has 0 radical (unpaired) electrons. The van der Waals surface area contributed by atoms with Crippen LogP contribution in [0, 0.1) is 19.8 Å². The molecule has 0 saturated carbocycles. The first-order valence-electron chi connectivity index (χ1n) is 10.8. The molecule has 6 nitrogen and oxygen atoms in total. The standard InChI is InChI=1S/C23H35N5O/c1-4-24-23(25-12-8-13-28-20(3)15-19(2)26-28)27-14-11-22(16-27)18-29-17-21-9-6-5-7-10-21/h5-7,9-10,15,22H,4,8,11-14,16-18H2,1-3H3,(H,24,25). The molecule has 1 aliphatic heterocycles. The van der Waals surface area contributed by atoms with Gasteiger partial charge in [0.1, 0.15) is 0 Å². The minimum Gasteiger partial charge on any atom is -0.376 e. The number of hydrogen-bond acceptors (Lipinski definition) is 3. The van der Waals surface area contributed by atoms with Crippen LogP contribution in [0.2, 0.25) is 0 Å². The van der Waals surface area contributed by atoms with Gasteiger partial charge in [0.25, 0.3) is 0 Å². The number of guanidine groups is 1. The molecule has 6 heteroatoms. The van der Waals surface area contributed by atoms with Gasteiger partial charge in [-0.3, -0.25) is 9.67 Å². The molecule has 0 aliphatic carbocycles. The number of aromatic nitrogens is 2. The summed E-state index contributed by atoms with van der Waals surface area (Å²) in [5.74, 6) is 1.60. The second-order valence-corrected chi connectivity index (χ2v) is 7.84. The van der Waals surface area contributed by atoms with Crippen LogP contribution in [-0.4, -0.2) is 53.4 Å². The number of ether oxygens (including phenoxy) is 1. The largest absolute Gasteiger partial charge is 0.376 e.